The number of ether oxygens (including phenoxy) is 3. The first-order chi connectivity index (χ1) is 24.8. The smallest absolute Gasteiger partial charge is 0.317 e. The Morgan fingerprint density at radius 2 is 0.615 bits per heavy atom. The molecule has 0 heterocycles. The summed E-state index contributed by atoms with van der Waals surface area (Å²) in [6.07, 6.45) is 0. The van der Waals surface area contributed by atoms with E-state index in [1.54, 1.807) is 36.4 Å². The van der Waals surface area contributed by atoms with Crippen molar-refractivity contribution in [2.45, 2.75) is 41.5 Å². The lowest BCUT2D eigenvalue weighted by atomic mass is 10.1. The van der Waals surface area contributed by atoms with Gasteiger partial charge in [0.25, 0.3) is 0 Å². The van der Waals surface area contributed by atoms with Crippen molar-refractivity contribution >= 4 is 69.8 Å². The van der Waals surface area contributed by atoms with E-state index in [0.717, 1.165) is 17.1 Å². The molecule has 0 bridgehead atoms. The predicted molar refractivity (Wildman–Crippen MR) is 199 cm³/mol. The molecule has 0 aliphatic rings. The second-order valence-corrected chi connectivity index (χ2v) is 11.9. The highest BCUT2D eigenvalue weighted by molar-refractivity contribution is 6.07. The molecular weight excluding hydrogens is 668 g/mol. The van der Waals surface area contributed by atoms with E-state index in [2.05, 4.69) is 0 Å². The van der Waals surface area contributed by atoms with Crippen LogP contribution in [0.15, 0.2) is 72.8 Å². The number of rotatable bonds is 15. The molecule has 13 heteroatoms. The van der Waals surface area contributed by atoms with Crippen LogP contribution in [0, 0.1) is 17.8 Å². The highest BCUT2D eigenvalue weighted by Gasteiger charge is 2.30. The summed E-state index contributed by atoms with van der Waals surface area (Å²) in [6, 6.07) is 21.8. The van der Waals surface area contributed by atoms with Gasteiger partial charge in [0, 0.05) is 53.8 Å². The maximum atomic E-state index is 13.2. The normalized spacial score (nSPS) is 12.4. The first-order valence-electron chi connectivity index (χ1n) is 17.1. The average Bonchev–Trinajstić information content (AvgIpc) is 3.18. The number of esters is 3. The summed E-state index contributed by atoms with van der Waals surface area (Å²) in [5.74, 6) is -5.97. The Kier molecular flexibility index (Phi) is 14.5. The van der Waals surface area contributed by atoms with Gasteiger partial charge in [0.2, 0.25) is 17.7 Å². The SMILES string of the molecule is CCN(C(=O)C(C)C(=O)OC)c1ccc(N(c2ccc(N(CC)C(=O)C(C)C(=O)OC)cc2)c2ccc(N(CC)C(=O)C(C)C(=O)OC)cc2)cc1. The Morgan fingerprint density at radius 3 is 0.788 bits per heavy atom. The van der Waals surface area contributed by atoms with Gasteiger partial charge in [0.05, 0.1) is 21.3 Å². The number of hydrogen-bond donors (Lipinski definition) is 0. The summed E-state index contributed by atoms with van der Waals surface area (Å²) in [4.78, 5) is 82.3. The van der Waals surface area contributed by atoms with Crippen LogP contribution in [0.25, 0.3) is 0 Å². The minimum Gasteiger partial charge on any atom is -0.468 e. The van der Waals surface area contributed by atoms with Gasteiger partial charge in [-0.1, -0.05) is 0 Å². The van der Waals surface area contributed by atoms with Gasteiger partial charge >= 0.3 is 17.9 Å². The quantitative estimate of drug-likeness (QED) is 0.110. The van der Waals surface area contributed by atoms with Crippen LogP contribution in [0.5, 0.6) is 0 Å². The van der Waals surface area contributed by atoms with Crippen LogP contribution in [-0.4, -0.2) is 76.6 Å². The van der Waals surface area contributed by atoms with Crippen molar-refractivity contribution in [2.24, 2.45) is 17.8 Å². The number of benzene rings is 3. The van der Waals surface area contributed by atoms with Gasteiger partial charge in [-0.15, -0.1) is 0 Å². The maximum absolute atomic E-state index is 13.2. The summed E-state index contributed by atoms with van der Waals surface area (Å²) in [6.45, 7) is 11.0. The zero-order valence-corrected chi connectivity index (χ0v) is 31.2. The molecule has 0 fully saturated rings. The molecule has 3 unspecified atom stereocenters. The Hall–Kier alpha value is -5.72. The highest BCUT2D eigenvalue weighted by atomic mass is 16.5. The molecule has 0 N–H and O–H groups in total. The number of anilines is 6. The number of amides is 3. The molecule has 3 rings (SSSR count). The van der Waals surface area contributed by atoms with E-state index < -0.39 is 53.4 Å². The Balaban J connectivity index is 2.08. The van der Waals surface area contributed by atoms with Crippen LogP contribution in [-0.2, 0) is 43.0 Å². The topological polar surface area (TPSA) is 143 Å². The van der Waals surface area contributed by atoms with E-state index in [0.29, 0.717) is 36.7 Å². The average molecular weight is 717 g/mol. The first-order valence-corrected chi connectivity index (χ1v) is 17.1. The fourth-order valence-corrected chi connectivity index (χ4v) is 5.72. The lowest BCUT2D eigenvalue weighted by Gasteiger charge is -2.29. The third-order valence-electron chi connectivity index (χ3n) is 8.78. The minimum atomic E-state index is -0.978. The van der Waals surface area contributed by atoms with E-state index >= 15 is 0 Å². The minimum absolute atomic E-state index is 0.328. The van der Waals surface area contributed by atoms with Gasteiger partial charge < -0.3 is 33.8 Å². The van der Waals surface area contributed by atoms with E-state index in [1.165, 1.54) is 56.8 Å². The molecule has 52 heavy (non-hydrogen) atoms. The van der Waals surface area contributed by atoms with Gasteiger partial charge in [-0.25, -0.2) is 0 Å². The van der Waals surface area contributed by atoms with Crippen LogP contribution in [0.1, 0.15) is 41.5 Å². The van der Waals surface area contributed by atoms with Gasteiger partial charge in [0.15, 0.2) is 0 Å². The molecule has 13 nitrogen and oxygen atoms in total. The molecule has 0 aromatic heterocycles. The third-order valence-corrected chi connectivity index (χ3v) is 8.78. The predicted octanol–water partition coefficient (Wildman–Crippen LogP) is 5.64. The van der Waals surface area contributed by atoms with Crippen molar-refractivity contribution in [1.29, 1.82) is 0 Å². The number of carbonyl (C=O) groups excluding carboxylic acids is 6. The number of hydrogen-bond acceptors (Lipinski definition) is 10. The second-order valence-electron chi connectivity index (χ2n) is 11.9. The first kappa shape index (κ1) is 40.7. The molecule has 0 spiro atoms. The largest absolute Gasteiger partial charge is 0.468 e. The second kappa shape index (κ2) is 18.5. The van der Waals surface area contributed by atoms with Gasteiger partial charge in [-0.2, -0.15) is 0 Å². The van der Waals surface area contributed by atoms with Crippen molar-refractivity contribution in [3.8, 4) is 0 Å². The van der Waals surface area contributed by atoms with Crippen LogP contribution < -0.4 is 19.6 Å². The molecule has 3 atom stereocenters. The van der Waals surface area contributed by atoms with Crippen molar-refractivity contribution in [3.63, 3.8) is 0 Å². The van der Waals surface area contributed by atoms with Crippen LogP contribution >= 0.6 is 0 Å². The Labute approximate surface area is 305 Å². The van der Waals surface area contributed by atoms with Gasteiger partial charge in [0.1, 0.15) is 17.8 Å². The summed E-state index contributed by atoms with van der Waals surface area (Å²) < 4.78 is 14.3. The summed E-state index contributed by atoms with van der Waals surface area (Å²) in [5.41, 5.74) is 3.93. The molecular formula is C39H48N4O9. The van der Waals surface area contributed by atoms with Crippen molar-refractivity contribution in [1.82, 2.24) is 0 Å². The molecule has 3 amide bonds. The Bertz CT molecular complexity index is 1520. The summed E-state index contributed by atoms with van der Waals surface area (Å²) in [5, 5.41) is 0. The fraction of sp³-hybridized carbons (Fsp3) is 0.385. The number of nitrogens with zero attached hydrogens (tertiary/aromatic N) is 4. The van der Waals surface area contributed by atoms with Gasteiger partial charge in [-0.3, -0.25) is 28.8 Å². The van der Waals surface area contributed by atoms with E-state index in [4.69, 9.17) is 14.2 Å². The lowest BCUT2D eigenvalue weighted by molar-refractivity contribution is -0.150. The molecule has 0 radical (unpaired) electrons. The standard InChI is InChI=1S/C39H48N4O9/c1-10-40(34(44)25(4)37(47)50-7)28-13-19-31(20-14-28)43(32-21-15-29(16-22-32)41(11-2)35(45)26(5)38(48)51-8)33-23-17-30(18-24-33)42(12-3)36(46)27(6)39(49)52-9/h13-27H,10-12H2,1-9H3. The monoisotopic (exact) mass is 716 g/mol. The van der Waals surface area contributed by atoms with Crippen molar-refractivity contribution in [3.05, 3.63) is 72.8 Å². The molecule has 0 saturated carbocycles. The summed E-state index contributed by atoms with van der Waals surface area (Å²) in [7, 11) is 3.73. The molecule has 0 saturated heterocycles. The van der Waals surface area contributed by atoms with E-state index in [1.807, 2.05) is 62.1 Å². The molecule has 278 valence electrons. The molecule has 3 aromatic carbocycles. The molecule has 3 aromatic rings. The number of carbonyl (C=O) groups is 6. The number of methoxy groups -OCH3 is 3. The highest BCUT2D eigenvalue weighted by Crippen LogP contribution is 2.37. The Morgan fingerprint density at radius 1 is 0.423 bits per heavy atom. The fourth-order valence-electron chi connectivity index (χ4n) is 5.72. The van der Waals surface area contributed by atoms with E-state index in [9.17, 15) is 28.8 Å². The molecule has 0 aliphatic heterocycles. The lowest BCUT2D eigenvalue weighted by Crippen LogP contribution is -2.38. The summed E-state index contributed by atoms with van der Waals surface area (Å²) >= 11 is 0. The van der Waals surface area contributed by atoms with E-state index in [-0.39, 0.29) is 0 Å². The zero-order valence-electron chi connectivity index (χ0n) is 31.2. The maximum Gasteiger partial charge on any atom is 0.317 e. The van der Waals surface area contributed by atoms with Crippen LogP contribution in [0.3, 0.4) is 0 Å². The van der Waals surface area contributed by atoms with Crippen molar-refractivity contribution < 1.29 is 43.0 Å². The van der Waals surface area contributed by atoms with Gasteiger partial charge in [-0.05, 0) is 114 Å². The molecule has 0 aliphatic carbocycles. The third kappa shape index (κ3) is 8.95. The van der Waals surface area contributed by atoms with Crippen LogP contribution in [0.2, 0.25) is 0 Å². The zero-order chi connectivity index (χ0) is 38.7. The van der Waals surface area contributed by atoms with Crippen molar-refractivity contribution in [2.75, 3.05) is 60.6 Å². The van der Waals surface area contributed by atoms with Crippen LogP contribution in [0.4, 0.5) is 34.1 Å².